The molecular weight excluding hydrogens is 492 g/mol. The normalized spacial score (nSPS) is 10.7. The summed E-state index contributed by atoms with van der Waals surface area (Å²) in [5, 5.41) is 10.1. The van der Waals surface area contributed by atoms with Crippen LogP contribution in [0.25, 0.3) is 16.4 Å². The molecule has 0 radical (unpaired) electrons. The number of thiazole rings is 1. The average molecular weight is 523 g/mol. The molecule has 194 valence electrons. The van der Waals surface area contributed by atoms with Gasteiger partial charge >= 0.3 is 0 Å². The van der Waals surface area contributed by atoms with Crippen LogP contribution < -0.4 is 24.3 Å². The van der Waals surface area contributed by atoms with Gasteiger partial charge in [0.25, 0.3) is 5.91 Å². The predicted octanol–water partition coefficient (Wildman–Crippen LogP) is 5.76. The number of hydrogen-bond acceptors (Lipinski definition) is 8. The highest BCUT2D eigenvalue weighted by atomic mass is 32.1. The molecule has 0 unspecified atom stereocenters. The van der Waals surface area contributed by atoms with Gasteiger partial charge in [-0.25, -0.2) is 4.98 Å². The molecule has 0 saturated heterocycles. The van der Waals surface area contributed by atoms with E-state index in [0.717, 1.165) is 22.7 Å². The first-order valence-corrected chi connectivity index (χ1v) is 12.9. The highest BCUT2D eigenvalue weighted by molar-refractivity contribution is 7.12. The van der Waals surface area contributed by atoms with E-state index in [1.54, 1.807) is 30.0 Å². The van der Waals surface area contributed by atoms with Crippen LogP contribution in [0, 0.1) is 6.92 Å². The van der Waals surface area contributed by atoms with Crippen molar-refractivity contribution < 1.29 is 23.7 Å². The Balaban J connectivity index is 1.64. The van der Waals surface area contributed by atoms with E-state index in [0.29, 0.717) is 53.6 Å². The van der Waals surface area contributed by atoms with E-state index >= 15 is 0 Å². The number of nitrogens with zero attached hydrogens (tertiary/aromatic N) is 3. The molecule has 0 spiro atoms. The maximum atomic E-state index is 13.4. The van der Waals surface area contributed by atoms with Gasteiger partial charge in [0.05, 0.1) is 38.3 Å². The van der Waals surface area contributed by atoms with Crippen molar-refractivity contribution in [3.05, 3.63) is 59.1 Å². The molecule has 0 fully saturated rings. The summed E-state index contributed by atoms with van der Waals surface area (Å²) in [6.45, 7) is 8.77. The number of rotatable bonds is 11. The topological polar surface area (TPSA) is 96.7 Å². The van der Waals surface area contributed by atoms with Crippen LogP contribution in [0.15, 0.2) is 47.8 Å². The molecule has 0 bridgehead atoms. The molecule has 0 aliphatic rings. The largest absolute Gasteiger partial charge is 0.497 e. The van der Waals surface area contributed by atoms with E-state index in [9.17, 15) is 4.79 Å². The zero-order chi connectivity index (χ0) is 26.4. The smallest absolute Gasteiger partial charge is 0.257 e. The lowest BCUT2D eigenvalue weighted by atomic mass is 10.1. The first-order valence-electron chi connectivity index (χ1n) is 12.0. The highest BCUT2D eigenvalue weighted by Crippen LogP contribution is 2.39. The lowest BCUT2D eigenvalue weighted by Gasteiger charge is -2.17. The number of aryl methyl sites for hydroxylation is 1. The predicted molar refractivity (Wildman–Crippen MR) is 144 cm³/mol. The zero-order valence-electron chi connectivity index (χ0n) is 21.5. The number of aromatic nitrogens is 3. The van der Waals surface area contributed by atoms with Crippen molar-refractivity contribution in [2.24, 2.45) is 0 Å². The Morgan fingerprint density at radius 3 is 2.35 bits per heavy atom. The number of ether oxygens (including phenoxy) is 4. The van der Waals surface area contributed by atoms with Gasteiger partial charge in [0, 0.05) is 22.6 Å². The Morgan fingerprint density at radius 2 is 1.70 bits per heavy atom. The summed E-state index contributed by atoms with van der Waals surface area (Å²) in [6.07, 6.45) is 0. The van der Waals surface area contributed by atoms with Crippen molar-refractivity contribution in [2.45, 2.75) is 27.7 Å². The molecule has 1 amide bonds. The number of nitrogens with one attached hydrogen (secondary N) is 1. The summed E-state index contributed by atoms with van der Waals surface area (Å²) in [5.74, 6) is 2.30. The third-order valence-electron chi connectivity index (χ3n) is 5.28. The van der Waals surface area contributed by atoms with Crippen LogP contribution in [0.4, 0.5) is 5.82 Å². The Bertz CT molecular complexity index is 1350. The van der Waals surface area contributed by atoms with Crippen molar-refractivity contribution in [2.75, 3.05) is 32.2 Å². The first kappa shape index (κ1) is 26.0. The molecule has 1 N–H and O–H groups in total. The summed E-state index contributed by atoms with van der Waals surface area (Å²) in [4.78, 5) is 18.1. The van der Waals surface area contributed by atoms with Crippen molar-refractivity contribution in [1.82, 2.24) is 14.8 Å². The summed E-state index contributed by atoms with van der Waals surface area (Å²) in [7, 11) is 1.63. The zero-order valence-corrected chi connectivity index (χ0v) is 22.3. The van der Waals surface area contributed by atoms with Crippen molar-refractivity contribution in [3.8, 4) is 39.4 Å². The lowest BCUT2D eigenvalue weighted by molar-refractivity contribution is 0.102. The van der Waals surface area contributed by atoms with Crippen LogP contribution in [0.3, 0.4) is 0 Å². The summed E-state index contributed by atoms with van der Waals surface area (Å²) in [6, 6.07) is 12.8. The molecule has 2 aromatic heterocycles. The summed E-state index contributed by atoms with van der Waals surface area (Å²) < 4.78 is 24.2. The van der Waals surface area contributed by atoms with Gasteiger partial charge in [-0.1, -0.05) is 12.1 Å². The Hall–Kier alpha value is -4.05. The summed E-state index contributed by atoms with van der Waals surface area (Å²) >= 11 is 1.43. The maximum Gasteiger partial charge on any atom is 0.257 e. The number of amides is 1. The van der Waals surface area contributed by atoms with Gasteiger partial charge in [-0.05, 0) is 52.0 Å². The Kier molecular flexibility index (Phi) is 8.29. The van der Waals surface area contributed by atoms with Gasteiger partial charge in [0.2, 0.25) is 10.9 Å². The van der Waals surface area contributed by atoms with Crippen LogP contribution in [0.1, 0.15) is 36.8 Å². The van der Waals surface area contributed by atoms with Crippen molar-refractivity contribution in [3.63, 3.8) is 0 Å². The van der Waals surface area contributed by atoms with Crippen LogP contribution in [0.2, 0.25) is 0 Å². The van der Waals surface area contributed by atoms with Crippen molar-refractivity contribution in [1.29, 1.82) is 0 Å². The fourth-order valence-corrected chi connectivity index (χ4v) is 4.52. The van der Waals surface area contributed by atoms with E-state index < -0.39 is 0 Å². The van der Waals surface area contributed by atoms with Gasteiger partial charge in [-0.15, -0.1) is 11.3 Å². The molecule has 10 heteroatoms. The Morgan fingerprint density at radius 1 is 1.00 bits per heavy atom. The van der Waals surface area contributed by atoms with Gasteiger partial charge in [-0.2, -0.15) is 9.78 Å². The number of carbonyl (C=O) groups is 1. The summed E-state index contributed by atoms with van der Waals surface area (Å²) in [5.41, 5.74) is 2.83. The molecule has 0 aliphatic heterocycles. The molecular formula is C27H30N4O5S. The maximum absolute atomic E-state index is 13.4. The molecule has 9 nitrogen and oxygen atoms in total. The minimum atomic E-state index is -0.337. The minimum absolute atomic E-state index is 0.337. The van der Waals surface area contributed by atoms with Gasteiger partial charge in [0.15, 0.2) is 11.5 Å². The number of methoxy groups -OCH3 is 1. The van der Waals surface area contributed by atoms with E-state index in [-0.39, 0.29) is 5.91 Å². The molecule has 2 aromatic carbocycles. The number of anilines is 1. The standard InChI is InChI=1S/C27H30N4O5S/c1-6-34-22-14-19(15-23(35-7-2)25(22)36-8-3)26(32)29-24-12-17(4)30-31(24)27-28-21(16-37-27)18-10-9-11-20(13-18)33-5/h9-16H,6-8H2,1-5H3,(H,29,32). The average Bonchev–Trinajstić information content (AvgIpc) is 3.52. The van der Waals surface area contributed by atoms with E-state index in [4.69, 9.17) is 23.9 Å². The minimum Gasteiger partial charge on any atom is -0.497 e. The third kappa shape index (κ3) is 5.86. The number of carbonyl (C=O) groups excluding carboxylic acids is 1. The molecule has 2 heterocycles. The fourth-order valence-electron chi connectivity index (χ4n) is 3.72. The van der Waals surface area contributed by atoms with Crippen LogP contribution in [0.5, 0.6) is 23.0 Å². The lowest BCUT2D eigenvalue weighted by Crippen LogP contribution is -2.16. The van der Waals surface area contributed by atoms with Crippen LogP contribution in [-0.2, 0) is 0 Å². The SMILES string of the molecule is CCOc1cc(C(=O)Nc2cc(C)nn2-c2nc(-c3cccc(OC)c3)cs2)cc(OCC)c1OCC. The third-order valence-corrected chi connectivity index (χ3v) is 6.10. The molecule has 4 rings (SSSR count). The van der Waals surface area contributed by atoms with Gasteiger partial charge in [-0.3, -0.25) is 4.79 Å². The van der Waals surface area contributed by atoms with Crippen LogP contribution in [-0.4, -0.2) is 47.6 Å². The second-order valence-corrected chi connectivity index (χ2v) is 8.72. The second kappa shape index (κ2) is 11.8. The quantitative estimate of drug-likeness (QED) is 0.267. The molecule has 0 atom stereocenters. The van der Waals surface area contributed by atoms with E-state index in [2.05, 4.69) is 10.4 Å². The number of benzene rings is 2. The molecule has 0 aliphatic carbocycles. The first-order chi connectivity index (χ1) is 18.0. The van der Waals surface area contributed by atoms with E-state index in [1.807, 2.05) is 57.3 Å². The van der Waals surface area contributed by atoms with Crippen LogP contribution >= 0.6 is 11.3 Å². The molecule has 0 saturated carbocycles. The molecule has 37 heavy (non-hydrogen) atoms. The van der Waals surface area contributed by atoms with Gasteiger partial charge in [0.1, 0.15) is 11.6 Å². The number of hydrogen-bond donors (Lipinski definition) is 1. The van der Waals surface area contributed by atoms with E-state index in [1.165, 1.54) is 11.3 Å². The molecule has 4 aromatic rings. The second-order valence-electron chi connectivity index (χ2n) is 7.88. The van der Waals surface area contributed by atoms with Crippen molar-refractivity contribution >= 4 is 23.1 Å². The Labute approximate surface area is 220 Å². The van der Waals surface area contributed by atoms with Gasteiger partial charge < -0.3 is 24.3 Å². The fraction of sp³-hybridized carbons (Fsp3) is 0.296. The highest BCUT2D eigenvalue weighted by Gasteiger charge is 2.20. The monoisotopic (exact) mass is 522 g/mol.